The fraction of sp³-hybridized carbons (Fsp3) is 0.700. The Balaban J connectivity index is 2.22. The quantitative estimate of drug-likeness (QED) is 0.877. The van der Waals surface area contributed by atoms with Crippen LogP contribution in [0.1, 0.15) is 18.5 Å². The van der Waals surface area contributed by atoms with E-state index in [0.29, 0.717) is 36.7 Å². The number of hydrogen-bond donors (Lipinski definition) is 1. The molecule has 1 aromatic heterocycles. The molecule has 4 nitrogen and oxygen atoms in total. The molecule has 1 fully saturated rings. The number of hydrogen-bond acceptors (Lipinski definition) is 3. The van der Waals surface area contributed by atoms with Gasteiger partial charge >= 0.3 is 0 Å². The molecule has 0 spiro atoms. The van der Waals surface area contributed by atoms with E-state index in [1.54, 1.807) is 11.8 Å². The molecule has 0 aliphatic heterocycles. The van der Waals surface area contributed by atoms with E-state index in [9.17, 15) is 4.39 Å². The average Bonchev–Trinajstić information content (AvgIpc) is 2.55. The third-order valence-corrected chi connectivity index (χ3v) is 3.17. The summed E-state index contributed by atoms with van der Waals surface area (Å²) in [6, 6.07) is -0.0770. The Morgan fingerprint density at radius 1 is 1.75 bits per heavy atom. The van der Waals surface area contributed by atoms with Crippen LogP contribution in [0.25, 0.3) is 0 Å². The Labute approximate surface area is 98.5 Å². The second-order valence-corrected chi connectivity index (χ2v) is 4.60. The lowest BCUT2D eigenvalue weighted by Crippen LogP contribution is -2.47. The molecule has 0 radical (unpaired) electrons. The van der Waals surface area contributed by atoms with Crippen molar-refractivity contribution in [3.63, 3.8) is 0 Å². The SMILES string of the molecule is COCCn1ncc(Cl)c1C1(F)CC(N)C1. The third-order valence-electron chi connectivity index (χ3n) is 2.90. The summed E-state index contributed by atoms with van der Waals surface area (Å²) >= 11 is 5.96. The van der Waals surface area contributed by atoms with Crippen LogP contribution < -0.4 is 5.73 Å². The van der Waals surface area contributed by atoms with Crippen LogP contribution in [0.15, 0.2) is 6.20 Å². The average molecular weight is 248 g/mol. The number of halogens is 2. The van der Waals surface area contributed by atoms with Gasteiger partial charge in [0, 0.05) is 26.0 Å². The van der Waals surface area contributed by atoms with Gasteiger partial charge < -0.3 is 10.5 Å². The number of nitrogens with zero attached hydrogens (tertiary/aromatic N) is 2. The van der Waals surface area contributed by atoms with Gasteiger partial charge in [0.05, 0.1) is 30.1 Å². The summed E-state index contributed by atoms with van der Waals surface area (Å²) < 4.78 is 20.9. The minimum atomic E-state index is -1.42. The molecule has 16 heavy (non-hydrogen) atoms. The molecule has 6 heteroatoms. The van der Waals surface area contributed by atoms with Crippen molar-refractivity contribution in [1.29, 1.82) is 0 Å². The van der Waals surface area contributed by atoms with Crippen molar-refractivity contribution in [3.05, 3.63) is 16.9 Å². The maximum Gasteiger partial charge on any atom is 0.156 e. The molecule has 1 saturated carbocycles. The molecule has 1 heterocycles. The predicted octanol–water partition coefficient (Wildman–Crippen LogP) is 1.47. The topological polar surface area (TPSA) is 53.1 Å². The number of rotatable bonds is 4. The Kier molecular flexibility index (Phi) is 3.19. The van der Waals surface area contributed by atoms with Gasteiger partial charge in [-0.1, -0.05) is 11.6 Å². The molecule has 0 unspecified atom stereocenters. The van der Waals surface area contributed by atoms with Crippen molar-refractivity contribution in [1.82, 2.24) is 9.78 Å². The van der Waals surface area contributed by atoms with E-state index in [2.05, 4.69) is 5.10 Å². The van der Waals surface area contributed by atoms with Gasteiger partial charge in [0.1, 0.15) is 0 Å². The minimum Gasteiger partial charge on any atom is -0.383 e. The first-order valence-electron chi connectivity index (χ1n) is 5.22. The lowest BCUT2D eigenvalue weighted by molar-refractivity contribution is 0.0297. The fourth-order valence-electron chi connectivity index (χ4n) is 2.12. The van der Waals surface area contributed by atoms with E-state index in [-0.39, 0.29) is 6.04 Å². The zero-order valence-corrected chi connectivity index (χ0v) is 9.88. The molecule has 0 bridgehead atoms. The molecule has 0 amide bonds. The highest BCUT2D eigenvalue weighted by Crippen LogP contribution is 2.46. The van der Waals surface area contributed by atoms with Gasteiger partial charge in [0.15, 0.2) is 5.67 Å². The second-order valence-electron chi connectivity index (χ2n) is 4.19. The molecule has 90 valence electrons. The molecular formula is C10H15ClFN3O. The van der Waals surface area contributed by atoms with Gasteiger partial charge in [-0.3, -0.25) is 4.68 Å². The van der Waals surface area contributed by atoms with Crippen LogP contribution in [-0.4, -0.2) is 29.5 Å². The number of aromatic nitrogens is 2. The van der Waals surface area contributed by atoms with Crippen LogP contribution in [-0.2, 0) is 17.0 Å². The highest BCUT2D eigenvalue weighted by molar-refractivity contribution is 6.31. The molecule has 1 aromatic rings. The van der Waals surface area contributed by atoms with Crippen molar-refractivity contribution >= 4 is 11.6 Å². The maximum atomic E-state index is 14.4. The van der Waals surface area contributed by atoms with Crippen LogP contribution in [0.3, 0.4) is 0 Å². The second kappa shape index (κ2) is 4.31. The molecule has 1 aliphatic carbocycles. The minimum absolute atomic E-state index is 0.0770. The van der Waals surface area contributed by atoms with E-state index in [4.69, 9.17) is 22.1 Å². The first kappa shape index (κ1) is 11.8. The summed E-state index contributed by atoms with van der Waals surface area (Å²) in [6.07, 6.45) is 2.09. The van der Waals surface area contributed by atoms with Crippen molar-refractivity contribution in [3.8, 4) is 0 Å². The molecule has 2 N–H and O–H groups in total. The summed E-state index contributed by atoms with van der Waals surface area (Å²) in [7, 11) is 1.59. The van der Waals surface area contributed by atoms with Gasteiger partial charge in [-0.2, -0.15) is 5.10 Å². The molecule has 1 aliphatic rings. The molecule has 0 aromatic carbocycles. The highest BCUT2D eigenvalue weighted by atomic mass is 35.5. The molecule has 0 atom stereocenters. The summed E-state index contributed by atoms with van der Waals surface area (Å²) in [6.45, 7) is 0.979. The smallest absolute Gasteiger partial charge is 0.156 e. The highest BCUT2D eigenvalue weighted by Gasteiger charge is 2.48. The van der Waals surface area contributed by atoms with Gasteiger partial charge in [0.2, 0.25) is 0 Å². The monoisotopic (exact) mass is 247 g/mol. The summed E-state index contributed by atoms with van der Waals surface area (Å²) in [5.41, 5.74) is 4.64. The molecule has 0 saturated heterocycles. The first-order chi connectivity index (χ1) is 7.57. The molecular weight excluding hydrogens is 233 g/mol. The normalized spacial score (nSPS) is 29.1. The third kappa shape index (κ3) is 1.95. The Bertz CT molecular complexity index is 376. The fourth-order valence-corrected chi connectivity index (χ4v) is 2.43. The Morgan fingerprint density at radius 3 is 3.00 bits per heavy atom. The van der Waals surface area contributed by atoms with Crippen molar-refractivity contribution < 1.29 is 9.13 Å². The van der Waals surface area contributed by atoms with E-state index < -0.39 is 5.67 Å². The number of ether oxygens (including phenoxy) is 1. The summed E-state index contributed by atoms with van der Waals surface area (Å²) in [4.78, 5) is 0. The van der Waals surface area contributed by atoms with Crippen molar-refractivity contribution in [2.75, 3.05) is 13.7 Å². The van der Waals surface area contributed by atoms with Crippen LogP contribution in [0, 0.1) is 0 Å². The lowest BCUT2D eigenvalue weighted by Gasteiger charge is -2.39. The maximum absolute atomic E-state index is 14.4. The first-order valence-corrected chi connectivity index (χ1v) is 5.60. The standard InChI is InChI=1S/C10H15ClFN3O/c1-16-3-2-15-9(8(11)6-14-15)10(12)4-7(13)5-10/h6-7H,2-5,13H2,1H3. The lowest BCUT2D eigenvalue weighted by atomic mass is 9.75. The summed E-state index contributed by atoms with van der Waals surface area (Å²) in [5.74, 6) is 0. The molecule has 2 rings (SSSR count). The van der Waals surface area contributed by atoms with Crippen LogP contribution >= 0.6 is 11.6 Å². The van der Waals surface area contributed by atoms with Gasteiger partial charge in [-0.15, -0.1) is 0 Å². The van der Waals surface area contributed by atoms with Gasteiger partial charge in [-0.25, -0.2) is 4.39 Å². The van der Waals surface area contributed by atoms with Crippen LogP contribution in [0.4, 0.5) is 4.39 Å². The Hall–Kier alpha value is -0.650. The Morgan fingerprint density at radius 2 is 2.44 bits per heavy atom. The van der Waals surface area contributed by atoms with E-state index in [0.717, 1.165) is 0 Å². The van der Waals surface area contributed by atoms with E-state index in [1.807, 2.05) is 0 Å². The van der Waals surface area contributed by atoms with Crippen molar-refractivity contribution in [2.24, 2.45) is 5.73 Å². The number of methoxy groups -OCH3 is 1. The zero-order valence-electron chi connectivity index (χ0n) is 9.12. The van der Waals surface area contributed by atoms with Crippen molar-refractivity contribution in [2.45, 2.75) is 31.1 Å². The van der Waals surface area contributed by atoms with Gasteiger partial charge in [-0.05, 0) is 0 Å². The zero-order chi connectivity index (χ0) is 11.8. The number of alkyl halides is 1. The number of nitrogens with two attached hydrogens (primary N) is 1. The summed E-state index contributed by atoms with van der Waals surface area (Å²) in [5, 5.41) is 4.42. The van der Waals surface area contributed by atoms with Crippen LogP contribution in [0.2, 0.25) is 5.02 Å². The predicted molar refractivity (Wildman–Crippen MR) is 59.1 cm³/mol. The van der Waals surface area contributed by atoms with Crippen LogP contribution in [0.5, 0.6) is 0 Å². The van der Waals surface area contributed by atoms with E-state index >= 15 is 0 Å². The largest absolute Gasteiger partial charge is 0.383 e. The van der Waals surface area contributed by atoms with Gasteiger partial charge in [0.25, 0.3) is 0 Å². The van der Waals surface area contributed by atoms with E-state index in [1.165, 1.54) is 6.20 Å².